The van der Waals surface area contributed by atoms with Crippen molar-refractivity contribution in [2.45, 2.75) is 6.92 Å². The molecule has 0 fully saturated rings. The van der Waals surface area contributed by atoms with Crippen LogP contribution in [-0.4, -0.2) is 21.1 Å². The minimum atomic E-state index is -0.738. The molecule has 2 aromatic rings. The van der Waals surface area contributed by atoms with Crippen LogP contribution in [0.4, 0.5) is 11.5 Å². The summed E-state index contributed by atoms with van der Waals surface area (Å²) in [4.78, 5) is 21.6. The van der Waals surface area contributed by atoms with Gasteiger partial charge < -0.3 is 14.9 Å². The third kappa shape index (κ3) is 2.68. The topological polar surface area (TPSA) is 118 Å². The number of phenols is 1. The molecule has 0 atom stereocenters. The third-order valence-electron chi connectivity index (χ3n) is 2.30. The molecule has 2 N–H and O–H groups in total. The molecule has 0 aliphatic heterocycles. The van der Waals surface area contributed by atoms with Gasteiger partial charge in [-0.05, 0) is 19.1 Å². The zero-order chi connectivity index (χ0) is 14.0. The molecule has 1 amide bonds. The molecule has 2 rings (SSSR count). The molecule has 1 heterocycles. The summed E-state index contributed by atoms with van der Waals surface area (Å²) in [5, 5.41) is 25.9. The van der Waals surface area contributed by atoms with Gasteiger partial charge in [0, 0.05) is 17.7 Å². The molecule has 0 aliphatic carbocycles. The predicted molar refractivity (Wildman–Crippen MR) is 64.0 cm³/mol. The Hall–Kier alpha value is -2.90. The highest BCUT2D eigenvalue weighted by Gasteiger charge is 2.16. The largest absolute Gasteiger partial charge is 0.502 e. The molecule has 8 nitrogen and oxygen atoms in total. The van der Waals surface area contributed by atoms with Crippen molar-refractivity contribution in [2.75, 3.05) is 5.32 Å². The number of nitrogens with zero attached hydrogens (tertiary/aromatic N) is 2. The maximum absolute atomic E-state index is 11.8. The monoisotopic (exact) mass is 263 g/mol. The zero-order valence-electron chi connectivity index (χ0n) is 9.78. The Bertz CT molecular complexity index is 650. The molecule has 19 heavy (non-hydrogen) atoms. The first kappa shape index (κ1) is 12.6. The first-order chi connectivity index (χ1) is 8.97. The molecule has 1 aromatic heterocycles. The fourth-order valence-electron chi connectivity index (χ4n) is 1.43. The lowest BCUT2D eigenvalue weighted by Crippen LogP contribution is -2.12. The number of carbonyl (C=O) groups is 1. The van der Waals surface area contributed by atoms with Gasteiger partial charge in [0.15, 0.2) is 11.6 Å². The van der Waals surface area contributed by atoms with E-state index in [-0.39, 0.29) is 11.4 Å². The second-order valence-corrected chi connectivity index (χ2v) is 3.74. The molecule has 1 aromatic carbocycles. The normalized spacial score (nSPS) is 10.2. The number of hydrogen-bond donors (Lipinski definition) is 2. The fraction of sp³-hybridized carbons (Fsp3) is 0.0909. The Morgan fingerprint density at radius 1 is 1.47 bits per heavy atom. The lowest BCUT2D eigenvalue weighted by atomic mass is 10.2. The fourth-order valence-corrected chi connectivity index (χ4v) is 1.43. The van der Waals surface area contributed by atoms with Crippen LogP contribution in [0.5, 0.6) is 5.75 Å². The van der Waals surface area contributed by atoms with Crippen molar-refractivity contribution in [1.29, 1.82) is 0 Å². The molecule has 0 saturated heterocycles. The van der Waals surface area contributed by atoms with E-state index >= 15 is 0 Å². The van der Waals surface area contributed by atoms with E-state index in [2.05, 4.69) is 10.5 Å². The van der Waals surface area contributed by atoms with Crippen LogP contribution in [0.15, 0.2) is 28.8 Å². The van der Waals surface area contributed by atoms with Crippen LogP contribution in [-0.2, 0) is 0 Å². The third-order valence-corrected chi connectivity index (χ3v) is 2.30. The Morgan fingerprint density at radius 3 is 2.74 bits per heavy atom. The molecular weight excluding hydrogens is 254 g/mol. The minimum Gasteiger partial charge on any atom is -0.502 e. The second-order valence-electron chi connectivity index (χ2n) is 3.74. The summed E-state index contributed by atoms with van der Waals surface area (Å²) in [6.45, 7) is 1.67. The highest BCUT2D eigenvalue weighted by atomic mass is 16.6. The van der Waals surface area contributed by atoms with E-state index in [1.165, 1.54) is 12.1 Å². The van der Waals surface area contributed by atoms with Crippen LogP contribution in [0, 0.1) is 17.0 Å². The summed E-state index contributed by atoms with van der Waals surface area (Å²) >= 11 is 0. The number of anilines is 1. The maximum Gasteiger partial charge on any atom is 0.310 e. The van der Waals surface area contributed by atoms with Crippen LogP contribution in [0.1, 0.15) is 16.1 Å². The van der Waals surface area contributed by atoms with E-state index in [4.69, 9.17) is 4.52 Å². The van der Waals surface area contributed by atoms with Crippen LogP contribution in [0.25, 0.3) is 0 Å². The van der Waals surface area contributed by atoms with Gasteiger partial charge in [-0.2, -0.15) is 0 Å². The number of phenolic OH excluding ortho intramolecular Hbond substituents is 1. The first-order valence-corrected chi connectivity index (χ1v) is 5.19. The van der Waals surface area contributed by atoms with E-state index in [1.807, 2.05) is 0 Å². The van der Waals surface area contributed by atoms with E-state index in [1.54, 1.807) is 6.92 Å². The number of aromatic hydroxyl groups is 1. The number of nitro groups is 1. The van der Waals surface area contributed by atoms with Crippen molar-refractivity contribution in [1.82, 2.24) is 5.16 Å². The van der Waals surface area contributed by atoms with Gasteiger partial charge in [-0.15, -0.1) is 0 Å². The number of carbonyl (C=O) groups excluding carboxylic acids is 1. The lowest BCUT2D eigenvalue weighted by molar-refractivity contribution is -0.385. The zero-order valence-corrected chi connectivity index (χ0v) is 9.78. The number of aromatic nitrogens is 1. The molecule has 0 spiro atoms. The SMILES string of the molecule is Cc1cc(NC(=O)c2ccc([N+](=O)[O-])c(O)c2)no1. The summed E-state index contributed by atoms with van der Waals surface area (Å²) in [6, 6.07) is 4.82. The average Bonchev–Trinajstić information content (AvgIpc) is 2.74. The van der Waals surface area contributed by atoms with Gasteiger partial charge in [0.2, 0.25) is 0 Å². The number of aryl methyl sites for hydroxylation is 1. The van der Waals surface area contributed by atoms with E-state index in [0.29, 0.717) is 5.76 Å². The van der Waals surface area contributed by atoms with Gasteiger partial charge >= 0.3 is 5.69 Å². The van der Waals surface area contributed by atoms with Crippen molar-refractivity contribution in [3.8, 4) is 5.75 Å². The summed E-state index contributed by atoms with van der Waals surface area (Å²) in [5.74, 6) is -0.380. The first-order valence-electron chi connectivity index (χ1n) is 5.19. The molecule has 98 valence electrons. The number of amides is 1. The minimum absolute atomic E-state index is 0.0729. The molecule has 0 bridgehead atoms. The molecular formula is C11H9N3O5. The van der Waals surface area contributed by atoms with Crippen LogP contribution < -0.4 is 5.32 Å². The highest BCUT2D eigenvalue weighted by Crippen LogP contribution is 2.26. The Morgan fingerprint density at radius 2 is 2.21 bits per heavy atom. The van der Waals surface area contributed by atoms with Crippen LogP contribution >= 0.6 is 0 Å². The van der Waals surface area contributed by atoms with Crippen LogP contribution in [0.2, 0.25) is 0 Å². The van der Waals surface area contributed by atoms with E-state index in [9.17, 15) is 20.0 Å². The molecule has 8 heteroatoms. The molecule has 0 unspecified atom stereocenters. The van der Waals surface area contributed by atoms with Gasteiger partial charge in [0.1, 0.15) is 5.76 Å². The summed E-state index contributed by atoms with van der Waals surface area (Å²) in [6.07, 6.45) is 0. The van der Waals surface area contributed by atoms with Crippen molar-refractivity contribution in [3.05, 3.63) is 45.7 Å². The number of nitro benzene ring substituents is 1. The molecule has 0 radical (unpaired) electrons. The number of rotatable bonds is 3. The lowest BCUT2D eigenvalue weighted by Gasteiger charge is -2.02. The second kappa shape index (κ2) is 4.77. The predicted octanol–water partition coefficient (Wildman–Crippen LogP) is 1.85. The van der Waals surface area contributed by atoms with Crippen molar-refractivity contribution in [3.63, 3.8) is 0 Å². The van der Waals surface area contributed by atoms with Gasteiger partial charge in [-0.25, -0.2) is 0 Å². The summed E-state index contributed by atoms with van der Waals surface area (Å²) in [5.41, 5.74) is -0.391. The molecule has 0 aliphatic rings. The Kier molecular flexibility index (Phi) is 3.15. The quantitative estimate of drug-likeness (QED) is 0.644. The number of benzene rings is 1. The summed E-state index contributed by atoms with van der Waals surface area (Å²) < 4.78 is 4.77. The van der Waals surface area contributed by atoms with Crippen molar-refractivity contribution >= 4 is 17.4 Å². The van der Waals surface area contributed by atoms with E-state index < -0.39 is 22.3 Å². The van der Waals surface area contributed by atoms with Gasteiger partial charge in [-0.3, -0.25) is 14.9 Å². The maximum atomic E-state index is 11.8. The standard InChI is InChI=1S/C11H9N3O5/c1-6-4-10(13-19-6)12-11(16)7-2-3-8(14(17)18)9(15)5-7/h2-5,15H,1H3,(H,12,13,16). The summed E-state index contributed by atoms with van der Waals surface area (Å²) in [7, 11) is 0. The van der Waals surface area contributed by atoms with Gasteiger partial charge in [-0.1, -0.05) is 5.16 Å². The van der Waals surface area contributed by atoms with E-state index in [0.717, 1.165) is 12.1 Å². The average molecular weight is 263 g/mol. The number of nitrogens with one attached hydrogen (secondary N) is 1. The highest BCUT2D eigenvalue weighted by molar-refractivity contribution is 6.04. The Labute approximate surface area is 106 Å². The Balaban J connectivity index is 2.20. The smallest absolute Gasteiger partial charge is 0.310 e. The van der Waals surface area contributed by atoms with Crippen molar-refractivity contribution < 1.29 is 19.3 Å². The molecule has 0 saturated carbocycles. The van der Waals surface area contributed by atoms with Gasteiger partial charge in [0.05, 0.1) is 4.92 Å². The van der Waals surface area contributed by atoms with Crippen molar-refractivity contribution in [2.24, 2.45) is 0 Å². The van der Waals surface area contributed by atoms with Crippen LogP contribution in [0.3, 0.4) is 0 Å². The van der Waals surface area contributed by atoms with Gasteiger partial charge in [0.25, 0.3) is 5.91 Å². The number of hydrogen-bond acceptors (Lipinski definition) is 6.